The highest BCUT2D eigenvalue weighted by Crippen LogP contribution is 2.32. The van der Waals surface area contributed by atoms with Crippen LogP contribution in [0, 0.1) is 5.92 Å². The zero-order valence-electron chi connectivity index (χ0n) is 16.0. The Kier molecular flexibility index (Phi) is 4.32. The predicted octanol–water partition coefficient (Wildman–Crippen LogP) is 3.95. The van der Waals surface area contributed by atoms with Gasteiger partial charge in [-0.05, 0) is 75.2 Å². The number of rotatable bonds is 4. The average Bonchev–Trinajstić information content (AvgIpc) is 3.43. The van der Waals surface area contributed by atoms with Gasteiger partial charge in [0.05, 0.1) is 0 Å². The summed E-state index contributed by atoms with van der Waals surface area (Å²) in [4.78, 5) is 15.3. The van der Waals surface area contributed by atoms with Crippen molar-refractivity contribution in [3.63, 3.8) is 0 Å². The van der Waals surface area contributed by atoms with Crippen molar-refractivity contribution >= 4 is 5.91 Å². The van der Waals surface area contributed by atoms with Gasteiger partial charge in [-0.1, -0.05) is 12.1 Å². The van der Waals surface area contributed by atoms with Crippen LogP contribution in [0.2, 0.25) is 0 Å². The number of carbonyl (C=O) groups is 1. The molecule has 28 heavy (non-hydrogen) atoms. The third-order valence-corrected chi connectivity index (χ3v) is 6.34. The Morgan fingerprint density at radius 1 is 1.07 bits per heavy atom. The number of benzene rings is 1. The summed E-state index contributed by atoms with van der Waals surface area (Å²) < 4.78 is 7.98. The highest BCUT2D eigenvalue weighted by Gasteiger charge is 2.40. The molecular formula is C23H25N3O2. The fourth-order valence-electron chi connectivity index (χ4n) is 4.71. The molecule has 5 heterocycles. The van der Waals surface area contributed by atoms with Crippen molar-refractivity contribution in [3.05, 3.63) is 66.7 Å². The minimum atomic E-state index is -0.113. The molecule has 1 amide bonds. The number of nitrogens with one attached hydrogen (secondary N) is 1. The van der Waals surface area contributed by atoms with E-state index < -0.39 is 0 Å². The van der Waals surface area contributed by atoms with Crippen LogP contribution in [0.25, 0.3) is 17.0 Å². The van der Waals surface area contributed by atoms with Gasteiger partial charge in [0.1, 0.15) is 5.76 Å². The molecule has 0 saturated carbocycles. The molecule has 1 N–H and O–H groups in total. The van der Waals surface area contributed by atoms with E-state index in [4.69, 9.17) is 4.42 Å². The zero-order valence-corrected chi connectivity index (χ0v) is 16.0. The largest absolute Gasteiger partial charge is 0.451 e. The number of fused-ring (bicyclic) bond motifs is 3. The van der Waals surface area contributed by atoms with Crippen LogP contribution in [0.1, 0.15) is 30.3 Å². The molecule has 2 bridgehead atoms. The number of amides is 1. The molecule has 5 heteroatoms. The molecule has 6 rings (SSSR count). The smallest absolute Gasteiger partial charge is 0.287 e. The first-order valence-electron chi connectivity index (χ1n) is 10.1. The van der Waals surface area contributed by atoms with Crippen LogP contribution in [0.15, 0.2) is 65.3 Å². The van der Waals surface area contributed by atoms with Gasteiger partial charge in [0, 0.05) is 35.7 Å². The molecule has 0 aliphatic carbocycles. The molecule has 0 radical (unpaired) electrons. The average molecular weight is 375 g/mol. The summed E-state index contributed by atoms with van der Waals surface area (Å²) in [5, 5.41) is 3.24. The van der Waals surface area contributed by atoms with E-state index in [-0.39, 0.29) is 11.9 Å². The van der Waals surface area contributed by atoms with Crippen molar-refractivity contribution < 1.29 is 9.21 Å². The fraction of sp³-hybridized carbons (Fsp3) is 0.348. The van der Waals surface area contributed by atoms with Crippen LogP contribution in [-0.4, -0.2) is 40.5 Å². The Balaban J connectivity index is 1.34. The number of hydrogen-bond donors (Lipinski definition) is 1. The molecule has 5 nitrogen and oxygen atoms in total. The van der Waals surface area contributed by atoms with Crippen LogP contribution in [-0.2, 0) is 0 Å². The second kappa shape index (κ2) is 6.99. The summed E-state index contributed by atoms with van der Waals surface area (Å²) >= 11 is 0. The van der Waals surface area contributed by atoms with Gasteiger partial charge in [0.25, 0.3) is 5.91 Å². The Hall–Kier alpha value is -2.79. The Morgan fingerprint density at radius 2 is 1.86 bits per heavy atom. The van der Waals surface area contributed by atoms with Crippen LogP contribution in [0.3, 0.4) is 0 Å². The number of carbonyl (C=O) groups excluding carboxylic acids is 1. The molecule has 3 aliphatic rings. The van der Waals surface area contributed by atoms with E-state index >= 15 is 0 Å². The van der Waals surface area contributed by atoms with Gasteiger partial charge in [-0.25, -0.2) is 0 Å². The highest BCUT2D eigenvalue weighted by molar-refractivity contribution is 5.92. The van der Waals surface area contributed by atoms with Crippen molar-refractivity contribution in [2.75, 3.05) is 13.1 Å². The quantitative estimate of drug-likeness (QED) is 0.751. The highest BCUT2D eigenvalue weighted by atomic mass is 16.3. The molecule has 3 aromatic rings. The molecular weight excluding hydrogens is 350 g/mol. The molecule has 2 aromatic heterocycles. The van der Waals surface area contributed by atoms with Crippen LogP contribution < -0.4 is 5.32 Å². The molecule has 0 spiro atoms. The number of hydrogen-bond acceptors (Lipinski definition) is 3. The minimum absolute atomic E-state index is 0.113. The Morgan fingerprint density at radius 3 is 2.61 bits per heavy atom. The van der Waals surface area contributed by atoms with Gasteiger partial charge < -0.3 is 14.3 Å². The topological polar surface area (TPSA) is 50.4 Å². The fourth-order valence-corrected chi connectivity index (χ4v) is 4.71. The van der Waals surface area contributed by atoms with Crippen molar-refractivity contribution in [2.24, 2.45) is 5.92 Å². The normalized spacial score (nSPS) is 26.3. The molecule has 0 unspecified atom stereocenters. The van der Waals surface area contributed by atoms with E-state index in [1.807, 2.05) is 42.7 Å². The lowest BCUT2D eigenvalue weighted by Crippen LogP contribution is -2.62. The lowest BCUT2D eigenvalue weighted by Gasteiger charge is -2.49. The van der Waals surface area contributed by atoms with Crippen LogP contribution in [0.5, 0.6) is 0 Å². The minimum Gasteiger partial charge on any atom is -0.451 e. The SMILES string of the molecule is C[C@H]1[C@H](NC(=O)c2ccc(-c3cccc(-n4cccc4)c3)o2)C2CCN1CC2. The third-order valence-electron chi connectivity index (χ3n) is 6.34. The Bertz CT molecular complexity index is 965. The third kappa shape index (κ3) is 3.06. The molecule has 3 fully saturated rings. The predicted molar refractivity (Wildman–Crippen MR) is 108 cm³/mol. The number of piperidine rings is 3. The maximum atomic E-state index is 12.8. The summed E-state index contributed by atoms with van der Waals surface area (Å²) in [6, 6.07) is 16.4. The van der Waals surface area contributed by atoms with E-state index in [2.05, 4.69) is 33.8 Å². The molecule has 1 aromatic carbocycles. The van der Waals surface area contributed by atoms with Crippen molar-refractivity contribution in [1.82, 2.24) is 14.8 Å². The van der Waals surface area contributed by atoms with E-state index in [1.54, 1.807) is 6.07 Å². The second-order valence-electron chi connectivity index (χ2n) is 7.92. The van der Waals surface area contributed by atoms with E-state index in [0.717, 1.165) is 24.3 Å². The summed E-state index contributed by atoms with van der Waals surface area (Å²) in [5.41, 5.74) is 2.02. The van der Waals surface area contributed by atoms with Crippen LogP contribution in [0.4, 0.5) is 0 Å². The van der Waals surface area contributed by atoms with E-state index in [1.165, 1.54) is 12.8 Å². The zero-order chi connectivity index (χ0) is 19.1. The van der Waals surface area contributed by atoms with Gasteiger partial charge >= 0.3 is 0 Å². The van der Waals surface area contributed by atoms with E-state index in [9.17, 15) is 4.79 Å². The molecule has 144 valence electrons. The van der Waals surface area contributed by atoms with Gasteiger partial charge in [-0.15, -0.1) is 0 Å². The standard InChI is InChI=1S/C23H25N3O2/c1-16-22(17-9-13-25(16)14-10-17)24-23(27)21-8-7-20(28-21)18-5-4-6-19(15-18)26-11-2-3-12-26/h2-8,11-12,15-17,22H,9-10,13-14H2,1H3,(H,24,27)/t16-,22-/m0/s1. The molecule has 3 saturated heterocycles. The monoisotopic (exact) mass is 375 g/mol. The van der Waals surface area contributed by atoms with Crippen molar-refractivity contribution in [1.29, 1.82) is 0 Å². The summed E-state index contributed by atoms with van der Waals surface area (Å²) in [7, 11) is 0. The Labute approximate surface area is 165 Å². The maximum Gasteiger partial charge on any atom is 0.287 e. The number of furan rings is 1. The first-order chi connectivity index (χ1) is 13.7. The van der Waals surface area contributed by atoms with Crippen molar-refractivity contribution in [3.8, 4) is 17.0 Å². The van der Waals surface area contributed by atoms with Gasteiger partial charge in [-0.2, -0.15) is 0 Å². The summed E-state index contributed by atoms with van der Waals surface area (Å²) in [6.07, 6.45) is 6.36. The lowest BCUT2D eigenvalue weighted by atomic mass is 9.79. The van der Waals surface area contributed by atoms with E-state index in [0.29, 0.717) is 23.5 Å². The second-order valence-corrected chi connectivity index (χ2v) is 7.92. The molecule has 3 aliphatic heterocycles. The summed E-state index contributed by atoms with van der Waals surface area (Å²) in [5.74, 6) is 1.56. The number of aromatic nitrogens is 1. The molecule has 2 atom stereocenters. The first-order valence-corrected chi connectivity index (χ1v) is 10.1. The van der Waals surface area contributed by atoms with Gasteiger partial charge in [-0.3, -0.25) is 9.69 Å². The first kappa shape index (κ1) is 17.3. The van der Waals surface area contributed by atoms with Crippen LogP contribution >= 0.6 is 0 Å². The number of nitrogens with zero attached hydrogens (tertiary/aromatic N) is 2. The van der Waals surface area contributed by atoms with Gasteiger partial charge in [0.15, 0.2) is 5.76 Å². The van der Waals surface area contributed by atoms with Crippen molar-refractivity contribution in [2.45, 2.75) is 31.8 Å². The summed E-state index contributed by atoms with van der Waals surface area (Å²) in [6.45, 7) is 4.53. The lowest BCUT2D eigenvalue weighted by molar-refractivity contribution is 0.0211. The maximum absolute atomic E-state index is 12.8. The van der Waals surface area contributed by atoms with Gasteiger partial charge in [0.2, 0.25) is 0 Å².